The number of hydrogen-bond acceptors (Lipinski definition) is 3. The van der Waals surface area contributed by atoms with E-state index in [1.807, 2.05) is 6.20 Å². The normalized spacial score (nSPS) is 25.1. The summed E-state index contributed by atoms with van der Waals surface area (Å²) < 4.78 is 0. The second-order valence-electron chi connectivity index (χ2n) is 5.98. The van der Waals surface area contributed by atoms with Gasteiger partial charge in [0.05, 0.1) is 17.6 Å². The standard InChI is InChI=1S/C16H27N3/c1-4-15(17)16-10-9-14(11-18-16)19(3)13-7-5-12(2)6-8-13/h9-13,15H,4-8,17H2,1-3H3. The molecule has 1 aromatic heterocycles. The fourth-order valence-electron chi connectivity index (χ4n) is 2.88. The molecule has 3 nitrogen and oxygen atoms in total. The molecule has 1 unspecified atom stereocenters. The molecule has 1 aliphatic carbocycles. The maximum absolute atomic E-state index is 6.00. The Kier molecular flexibility index (Phi) is 4.81. The summed E-state index contributed by atoms with van der Waals surface area (Å²) in [5.74, 6) is 0.896. The van der Waals surface area contributed by atoms with Crippen LogP contribution in [0.5, 0.6) is 0 Å². The Hall–Kier alpha value is -1.09. The van der Waals surface area contributed by atoms with Crippen LogP contribution in [0.15, 0.2) is 18.3 Å². The minimum absolute atomic E-state index is 0.0647. The topological polar surface area (TPSA) is 42.1 Å². The van der Waals surface area contributed by atoms with Gasteiger partial charge >= 0.3 is 0 Å². The van der Waals surface area contributed by atoms with Crippen molar-refractivity contribution >= 4 is 5.69 Å². The molecule has 106 valence electrons. The molecular weight excluding hydrogens is 234 g/mol. The highest BCUT2D eigenvalue weighted by molar-refractivity contribution is 5.45. The van der Waals surface area contributed by atoms with Crippen LogP contribution in [0.4, 0.5) is 5.69 Å². The van der Waals surface area contributed by atoms with Crippen LogP contribution in [0.25, 0.3) is 0 Å². The summed E-state index contributed by atoms with van der Waals surface area (Å²) in [7, 11) is 2.19. The third kappa shape index (κ3) is 3.47. The predicted octanol–water partition coefficient (Wildman–Crippen LogP) is 3.51. The van der Waals surface area contributed by atoms with E-state index in [4.69, 9.17) is 5.73 Å². The highest BCUT2D eigenvalue weighted by Gasteiger charge is 2.22. The number of pyridine rings is 1. The lowest BCUT2D eigenvalue weighted by Crippen LogP contribution is -2.34. The van der Waals surface area contributed by atoms with Crippen molar-refractivity contribution in [3.8, 4) is 0 Å². The first-order valence-electron chi connectivity index (χ1n) is 7.56. The predicted molar refractivity (Wildman–Crippen MR) is 81.3 cm³/mol. The van der Waals surface area contributed by atoms with Crippen LogP contribution in [0, 0.1) is 5.92 Å². The van der Waals surface area contributed by atoms with Crippen molar-refractivity contribution in [1.82, 2.24) is 4.98 Å². The van der Waals surface area contributed by atoms with Crippen molar-refractivity contribution in [1.29, 1.82) is 0 Å². The molecule has 2 N–H and O–H groups in total. The van der Waals surface area contributed by atoms with Gasteiger partial charge in [0.2, 0.25) is 0 Å². The quantitative estimate of drug-likeness (QED) is 0.902. The molecule has 1 aromatic rings. The van der Waals surface area contributed by atoms with Crippen molar-refractivity contribution in [3.63, 3.8) is 0 Å². The zero-order valence-corrected chi connectivity index (χ0v) is 12.5. The zero-order valence-electron chi connectivity index (χ0n) is 12.5. The van der Waals surface area contributed by atoms with Crippen LogP contribution in [-0.2, 0) is 0 Å². The summed E-state index contributed by atoms with van der Waals surface area (Å²) in [5.41, 5.74) is 8.21. The summed E-state index contributed by atoms with van der Waals surface area (Å²) >= 11 is 0. The Balaban J connectivity index is 2.01. The van der Waals surface area contributed by atoms with Gasteiger partial charge in [0.25, 0.3) is 0 Å². The molecule has 1 atom stereocenters. The smallest absolute Gasteiger partial charge is 0.0572 e. The molecule has 0 saturated heterocycles. The van der Waals surface area contributed by atoms with Crippen molar-refractivity contribution in [2.45, 2.75) is 58.0 Å². The summed E-state index contributed by atoms with van der Waals surface area (Å²) in [4.78, 5) is 6.90. The third-order valence-corrected chi connectivity index (χ3v) is 4.53. The Labute approximate surface area is 117 Å². The molecule has 0 radical (unpaired) electrons. The van der Waals surface area contributed by atoms with E-state index in [2.05, 4.69) is 42.9 Å². The summed E-state index contributed by atoms with van der Waals surface area (Å²) in [5, 5.41) is 0. The lowest BCUT2D eigenvalue weighted by atomic mass is 9.86. The molecule has 0 aliphatic heterocycles. The minimum atomic E-state index is 0.0647. The molecule has 0 spiro atoms. The van der Waals surface area contributed by atoms with Crippen LogP contribution < -0.4 is 10.6 Å². The average molecular weight is 261 g/mol. The second kappa shape index (κ2) is 6.38. The van der Waals surface area contributed by atoms with Gasteiger partial charge in [0, 0.05) is 19.1 Å². The number of nitrogens with two attached hydrogens (primary N) is 1. The summed E-state index contributed by atoms with van der Waals surface area (Å²) in [6, 6.07) is 4.97. The zero-order chi connectivity index (χ0) is 13.8. The average Bonchev–Trinajstić information content (AvgIpc) is 2.46. The van der Waals surface area contributed by atoms with Gasteiger partial charge in [-0.1, -0.05) is 13.8 Å². The van der Waals surface area contributed by atoms with E-state index in [0.717, 1.165) is 18.0 Å². The fourth-order valence-corrected chi connectivity index (χ4v) is 2.88. The largest absolute Gasteiger partial charge is 0.370 e. The lowest BCUT2D eigenvalue weighted by molar-refractivity contribution is 0.340. The van der Waals surface area contributed by atoms with E-state index in [1.54, 1.807) is 0 Å². The highest BCUT2D eigenvalue weighted by atomic mass is 15.1. The number of anilines is 1. The van der Waals surface area contributed by atoms with E-state index in [9.17, 15) is 0 Å². The van der Waals surface area contributed by atoms with E-state index in [1.165, 1.54) is 31.4 Å². The van der Waals surface area contributed by atoms with Crippen molar-refractivity contribution in [3.05, 3.63) is 24.0 Å². The van der Waals surface area contributed by atoms with Crippen LogP contribution in [0.2, 0.25) is 0 Å². The van der Waals surface area contributed by atoms with E-state index in [0.29, 0.717) is 6.04 Å². The molecule has 1 saturated carbocycles. The van der Waals surface area contributed by atoms with Crippen LogP contribution >= 0.6 is 0 Å². The number of nitrogens with zero attached hydrogens (tertiary/aromatic N) is 2. The maximum Gasteiger partial charge on any atom is 0.0572 e. The molecule has 0 bridgehead atoms. The molecule has 19 heavy (non-hydrogen) atoms. The van der Waals surface area contributed by atoms with Crippen LogP contribution in [0.3, 0.4) is 0 Å². The molecular formula is C16H27N3. The van der Waals surface area contributed by atoms with Gasteiger partial charge in [-0.25, -0.2) is 0 Å². The van der Waals surface area contributed by atoms with Crippen LogP contribution in [0.1, 0.15) is 57.7 Å². The first-order valence-corrected chi connectivity index (χ1v) is 7.56. The third-order valence-electron chi connectivity index (χ3n) is 4.53. The molecule has 3 heteroatoms. The maximum atomic E-state index is 6.00. The molecule has 0 amide bonds. The monoisotopic (exact) mass is 261 g/mol. The van der Waals surface area contributed by atoms with E-state index < -0.39 is 0 Å². The van der Waals surface area contributed by atoms with Crippen molar-refractivity contribution < 1.29 is 0 Å². The summed E-state index contributed by atoms with van der Waals surface area (Å²) in [6.07, 6.45) is 8.20. The van der Waals surface area contributed by atoms with Gasteiger partial charge in [0.1, 0.15) is 0 Å². The molecule has 1 fully saturated rings. The highest BCUT2D eigenvalue weighted by Crippen LogP contribution is 2.29. The Morgan fingerprint density at radius 2 is 2.00 bits per heavy atom. The molecule has 0 aromatic carbocycles. The molecule has 1 heterocycles. The fraction of sp³-hybridized carbons (Fsp3) is 0.688. The summed E-state index contributed by atoms with van der Waals surface area (Å²) in [6.45, 7) is 4.45. The van der Waals surface area contributed by atoms with Gasteiger partial charge in [-0.2, -0.15) is 0 Å². The van der Waals surface area contributed by atoms with Gasteiger partial charge in [-0.15, -0.1) is 0 Å². The van der Waals surface area contributed by atoms with Gasteiger partial charge in [-0.3, -0.25) is 4.98 Å². The number of rotatable bonds is 4. The Bertz CT molecular complexity index is 379. The number of hydrogen-bond donors (Lipinski definition) is 1. The minimum Gasteiger partial charge on any atom is -0.370 e. The first-order chi connectivity index (χ1) is 9.11. The Morgan fingerprint density at radius 3 is 2.53 bits per heavy atom. The van der Waals surface area contributed by atoms with E-state index in [-0.39, 0.29) is 6.04 Å². The van der Waals surface area contributed by atoms with Crippen LogP contribution in [-0.4, -0.2) is 18.1 Å². The van der Waals surface area contributed by atoms with E-state index >= 15 is 0 Å². The lowest BCUT2D eigenvalue weighted by Gasteiger charge is -2.35. The molecule has 1 aliphatic rings. The number of aromatic nitrogens is 1. The first kappa shape index (κ1) is 14.3. The van der Waals surface area contributed by atoms with Gasteiger partial charge in [-0.05, 0) is 50.2 Å². The SMILES string of the molecule is CCC(N)c1ccc(N(C)C2CCC(C)CC2)cn1. The molecule has 2 rings (SSSR count). The van der Waals surface area contributed by atoms with Gasteiger partial charge in [0.15, 0.2) is 0 Å². The van der Waals surface area contributed by atoms with Crippen molar-refractivity contribution in [2.75, 3.05) is 11.9 Å². The Morgan fingerprint density at radius 1 is 1.32 bits per heavy atom. The van der Waals surface area contributed by atoms with Crippen molar-refractivity contribution in [2.24, 2.45) is 11.7 Å². The second-order valence-corrected chi connectivity index (χ2v) is 5.98. The van der Waals surface area contributed by atoms with Gasteiger partial charge < -0.3 is 10.6 Å².